The summed E-state index contributed by atoms with van der Waals surface area (Å²) < 4.78 is 27.0. The molecule has 1 aliphatic heterocycles. The monoisotopic (exact) mass is 520 g/mol. The number of hydrogen-bond acceptors (Lipinski definition) is 4. The quantitative estimate of drug-likeness (QED) is 0.360. The molecule has 1 saturated heterocycles. The molecule has 9 heteroatoms. The van der Waals surface area contributed by atoms with Crippen molar-refractivity contribution in [2.75, 3.05) is 25.0 Å². The number of thiophene rings is 1. The van der Waals surface area contributed by atoms with Crippen LogP contribution < -0.4 is 11.1 Å². The van der Waals surface area contributed by atoms with Crippen LogP contribution in [0.15, 0.2) is 44.9 Å². The molecule has 2 aromatic rings. The Labute approximate surface area is 181 Å². The Morgan fingerprint density at radius 2 is 2.04 bits per heavy atom. The number of nitrogens with one attached hydrogen (secondary N) is 1. The van der Waals surface area contributed by atoms with Crippen LogP contribution in [0.1, 0.15) is 17.5 Å². The van der Waals surface area contributed by atoms with Gasteiger partial charge >= 0.3 is 0 Å². The summed E-state index contributed by atoms with van der Waals surface area (Å²) in [5.74, 6) is 0.541. The minimum absolute atomic E-state index is 0. The minimum Gasteiger partial charge on any atom is -0.370 e. The SMILES string of the molecule is Cc1cc(C)cc(NC(N)=NCC2CCN(S(=O)(=O)c3cccs3)C2)c1.I. The molecule has 1 unspecified atom stereocenters. The zero-order valence-corrected chi connectivity index (χ0v) is 19.3. The van der Waals surface area contributed by atoms with Crippen molar-refractivity contribution in [2.24, 2.45) is 16.6 Å². The van der Waals surface area contributed by atoms with Gasteiger partial charge in [-0.1, -0.05) is 12.1 Å². The molecule has 6 nitrogen and oxygen atoms in total. The van der Waals surface area contributed by atoms with Gasteiger partial charge in [-0.05, 0) is 60.9 Å². The molecule has 2 heterocycles. The molecule has 0 aliphatic carbocycles. The Balaban J connectivity index is 0.00000261. The van der Waals surface area contributed by atoms with Gasteiger partial charge < -0.3 is 11.1 Å². The number of guanidine groups is 1. The second-order valence-corrected chi connectivity index (χ2v) is 9.79. The molecule has 0 bridgehead atoms. The van der Waals surface area contributed by atoms with Crippen LogP contribution in [0.25, 0.3) is 0 Å². The highest BCUT2D eigenvalue weighted by Crippen LogP contribution is 2.27. The first kappa shape index (κ1) is 22.1. The predicted molar refractivity (Wildman–Crippen MR) is 123 cm³/mol. The van der Waals surface area contributed by atoms with E-state index in [2.05, 4.69) is 16.4 Å². The summed E-state index contributed by atoms with van der Waals surface area (Å²) in [6.45, 7) is 5.60. The maximum atomic E-state index is 12.5. The number of aryl methyl sites for hydroxylation is 2. The average Bonchev–Trinajstić information content (AvgIpc) is 3.24. The van der Waals surface area contributed by atoms with Gasteiger partial charge in [-0.15, -0.1) is 35.3 Å². The lowest BCUT2D eigenvalue weighted by Crippen LogP contribution is -2.29. The highest BCUT2D eigenvalue weighted by atomic mass is 127. The number of rotatable bonds is 5. The van der Waals surface area contributed by atoms with Gasteiger partial charge in [-0.3, -0.25) is 4.99 Å². The molecule has 3 N–H and O–H groups in total. The van der Waals surface area contributed by atoms with Crippen LogP contribution in [0.5, 0.6) is 0 Å². The van der Waals surface area contributed by atoms with Crippen LogP contribution in [0, 0.1) is 19.8 Å². The minimum atomic E-state index is -3.37. The first-order valence-electron chi connectivity index (χ1n) is 8.53. The Morgan fingerprint density at radius 1 is 1.33 bits per heavy atom. The van der Waals surface area contributed by atoms with Crippen molar-refractivity contribution in [3.8, 4) is 0 Å². The van der Waals surface area contributed by atoms with E-state index in [-0.39, 0.29) is 29.9 Å². The number of nitrogens with two attached hydrogens (primary N) is 1. The van der Waals surface area contributed by atoms with Crippen LogP contribution in [0.3, 0.4) is 0 Å². The van der Waals surface area contributed by atoms with Crippen molar-refractivity contribution in [3.63, 3.8) is 0 Å². The number of nitrogens with zero attached hydrogens (tertiary/aromatic N) is 2. The molecule has 0 amide bonds. The van der Waals surface area contributed by atoms with Crippen molar-refractivity contribution in [2.45, 2.75) is 24.5 Å². The molecule has 1 atom stereocenters. The lowest BCUT2D eigenvalue weighted by Gasteiger charge is -2.15. The van der Waals surface area contributed by atoms with Crippen LogP contribution in [0.4, 0.5) is 5.69 Å². The third-order valence-corrected chi connectivity index (χ3v) is 7.59. The van der Waals surface area contributed by atoms with Crippen molar-refractivity contribution in [1.29, 1.82) is 0 Å². The molecule has 1 aromatic heterocycles. The first-order valence-corrected chi connectivity index (χ1v) is 10.9. The Hall–Kier alpha value is -1.17. The number of benzene rings is 1. The van der Waals surface area contributed by atoms with Crippen LogP contribution in [-0.2, 0) is 10.0 Å². The van der Waals surface area contributed by atoms with Gasteiger partial charge in [0.05, 0.1) is 0 Å². The summed E-state index contributed by atoms with van der Waals surface area (Å²) in [4.78, 5) is 4.40. The lowest BCUT2D eigenvalue weighted by molar-refractivity contribution is 0.461. The van der Waals surface area contributed by atoms with Gasteiger partial charge in [0.2, 0.25) is 0 Å². The lowest BCUT2D eigenvalue weighted by atomic mass is 10.1. The van der Waals surface area contributed by atoms with E-state index in [4.69, 9.17) is 5.73 Å². The highest BCUT2D eigenvalue weighted by molar-refractivity contribution is 14.0. The smallest absolute Gasteiger partial charge is 0.252 e. The third-order valence-electron chi connectivity index (χ3n) is 4.35. The van der Waals surface area contributed by atoms with Gasteiger partial charge in [0, 0.05) is 25.3 Å². The van der Waals surface area contributed by atoms with E-state index in [0.717, 1.165) is 23.2 Å². The fourth-order valence-electron chi connectivity index (χ4n) is 3.16. The van der Waals surface area contributed by atoms with Gasteiger partial charge in [-0.25, -0.2) is 8.42 Å². The molecular formula is C18H25IN4O2S2. The summed E-state index contributed by atoms with van der Waals surface area (Å²) in [6, 6.07) is 9.53. The van der Waals surface area contributed by atoms with Gasteiger partial charge in [0.25, 0.3) is 10.0 Å². The van der Waals surface area contributed by atoms with E-state index >= 15 is 0 Å². The maximum absolute atomic E-state index is 12.5. The van der Waals surface area contributed by atoms with Crippen molar-refractivity contribution >= 4 is 57.0 Å². The fourth-order valence-corrected chi connectivity index (χ4v) is 5.84. The normalized spacial score (nSPS) is 18.3. The zero-order chi connectivity index (χ0) is 18.7. The standard InChI is InChI=1S/C18H24N4O2S2.HI/c1-13-8-14(2)10-16(9-13)21-18(19)20-11-15-5-6-22(12-15)26(23,24)17-4-3-7-25-17;/h3-4,7-10,15H,5-6,11-12H2,1-2H3,(H3,19,20,21);1H. The van der Waals surface area contributed by atoms with Crippen molar-refractivity contribution in [3.05, 3.63) is 46.8 Å². The number of hydrogen-bond donors (Lipinski definition) is 2. The molecule has 0 spiro atoms. The number of aliphatic imine (C=N–C) groups is 1. The Bertz CT molecular complexity index is 878. The van der Waals surface area contributed by atoms with E-state index in [0.29, 0.717) is 29.8 Å². The van der Waals surface area contributed by atoms with Crippen LogP contribution in [-0.4, -0.2) is 38.3 Å². The molecule has 0 radical (unpaired) electrons. The molecule has 1 fully saturated rings. The first-order chi connectivity index (χ1) is 12.3. The fraction of sp³-hybridized carbons (Fsp3) is 0.389. The summed E-state index contributed by atoms with van der Waals surface area (Å²) >= 11 is 1.25. The largest absolute Gasteiger partial charge is 0.370 e. The second-order valence-electron chi connectivity index (χ2n) is 6.68. The number of halogens is 1. The van der Waals surface area contributed by atoms with E-state index in [1.807, 2.05) is 26.0 Å². The van der Waals surface area contributed by atoms with Crippen LogP contribution in [0.2, 0.25) is 0 Å². The van der Waals surface area contributed by atoms with Crippen molar-refractivity contribution < 1.29 is 8.42 Å². The molecule has 27 heavy (non-hydrogen) atoms. The van der Waals surface area contributed by atoms with E-state index in [1.54, 1.807) is 21.8 Å². The average molecular weight is 520 g/mol. The van der Waals surface area contributed by atoms with Gasteiger partial charge in [0.1, 0.15) is 4.21 Å². The zero-order valence-electron chi connectivity index (χ0n) is 15.4. The van der Waals surface area contributed by atoms with Gasteiger partial charge in [0.15, 0.2) is 5.96 Å². The van der Waals surface area contributed by atoms with E-state index in [9.17, 15) is 8.42 Å². The maximum Gasteiger partial charge on any atom is 0.252 e. The third kappa shape index (κ3) is 5.66. The topological polar surface area (TPSA) is 87.8 Å². The molecule has 3 rings (SSSR count). The Kier molecular flexibility index (Phi) is 7.66. The van der Waals surface area contributed by atoms with Crippen molar-refractivity contribution in [1.82, 2.24) is 4.31 Å². The molecular weight excluding hydrogens is 495 g/mol. The molecule has 1 aliphatic rings. The van der Waals surface area contributed by atoms with Crippen LogP contribution >= 0.6 is 35.3 Å². The predicted octanol–water partition coefficient (Wildman–Crippen LogP) is 3.42. The molecule has 148 valence electrons. The summed E-state index contributed by atoms with van der Waals surface area (Å²) in [7, 11) is -3.37. The van der Waals surface area contributed by atoms with E-state index in [1.165, 1.54) is 11.3 Å². The Morgan fingerprint density at radius 3 is 2.67 bits per heavy atom. The summed E-state index contributed by atoms with van der Waals surface area (Å²) in [5, 5.41) is 4.89. The molecule has 1 aromatic carbocycles. The van der Waals surface area contributed by atoms with E-state index < -0.39 is 10.0 Å². The van der Waals surface area contributed by atoms with Gasteiger partial charge in [-0.2, -0.15) is 4.31 Å². The summed E-state index contributed by atoms with van der Waals surface area (Å²) in [6.07, 6.45) is 0.797. The number of sulfonamides is 1. The molecule has 0 saturated carbocycles. The highest BCUT2D eigenvalue weighted by Gasteiger charge is 2.32. The summed E-state index contributed by atoms with van der Waals surface area (Å²) in [5.41, 5.74) is 9.22. The number of anilines is 1. The second kappa shape index (κ2) is 9.35.